The Morgan fingerprint density at radius 2 is 0.742 bits per heavy atom. The van der Waals surface area contributed by atoms with E-state index in [2.05, 4.69) is 31.2 Å². The van der Waals surface area contributed by atoms with Crippen LogP contribution >= 0.6 is 15.0 Å². The van der Waals surface area contributed by atoms with Crippen molar-refractivity contribution in [3.05, 3.63) is 336 Å². The molecule has 14 rings (SSSR count). The summed E-state index contributed by atoms with van der Waals surface area (Å²) >= 11 is 0. The van der Waals surface area contributed by atoms with Crippen LogP contribution < -0.4 is 38.2 Å². The molecule has 0 N–H and O–H groups in total. The maximum Gasteiger partial charge on any atom is 0.597 e. The number of hydrogen-bond acceptors (Lipinski definition) is 11. The molecule has 0 spiro atoms. The van der Waals surface area contributed by atoms with E-state index >= 15 is 4.57 Å². The van der Waals surface area contributed by atoms with Gasteiger partial charge in [-0.15, -0.1) is 0 Å². The SMILES string of the molecule is COc1ccc(Oc2ccc(C(=O)c3ccc(C)cc3)cc2)cc1.COc1ccc(Oc2ccc(C(c3ccc(C)cc3)(c3ccc(OC)cc3)P3(=O)Oc4ccccc4-c4ccccc43)cc2)cc1.COc1ccccc1.O=[p+]1oc2ccccc2c2ccccc21. The van der Waals surface area contributed by atoms with E-state index in [9.17, 15) is 9.36 Å². The molecule has 1 aliphatic rings. The van der Waals surface area contributed by atoms with E-state index in [4.69, 9.17) is 37.1 Å². The van der Waals surface area contributed by atoms with Crippen LogP contribution in [0.15, 0.2) is 301 Å². The quantitative estimate of drug-likeness (QED) is 0.0446. The molecular weight excluding hydrogens is 1200 g/mol. The summed E-state index contributed by atoms with van der Waals surface area (Å²) in [6.45, 7) is 4.05. The highest BCUT2D eigenvalue weighted by Crippen LogP contribution is 2.71. The van der Waals surface area contributed by atoms with Crippen molar-refractivity contribution in [2.75, 3.05) is 28.4 Å². The van der Waals surface area contributed by atoms with Gasteiger partial charge in [-0.3, -0.25) is 9.36 Å². The molecular formula is C80H67O11P2+. The molecule has 13 heteroatoms. The highest BCUT2D eigenvalue weighted by molar-refractivity contribution is 7.69. The molecule has 11 nitrogen and oxygen atoms in total. The lowest BCUT2D eigenvalue weighted by Crippen LogP contribution is -2.38. The van der Waals surface area contributed by atoms with Crippen LogP contribution in [0.3, 0.4) is 0 Å². The third-order valence-corrected chi connectivity index (χ3v) is 20.1. The monoisotopic (exact) mass is 1270 g/mol. The van der Waals surface area contributed by atoms with Gasteiger partial charge in [0.1, 0.15) is 56.9 Å². The lowest BCUT2D eigenvalue weighted by Gasteiger charge is -2.44. The second-order valence-electron chi connectivity index (χ2n) is 21.6. The van der Waals surface area contributed by atoms with Gasteiger partial charge in [0.2, 0.25) is 5.12 Å². The maximum absolute atomic E-state index is 16.4. The van der Waals surface area contributed by atoms with Gasteiger partial charge in [0.05, 0.1) is 33.7 Å². The summed E-state index contributed by atoms with van der Waals surface area (Å²) in [5.74, 6) is 6.47. The summed E-state index contributed by atoms with van der Waals surface area (Å²) in [5.41, 5.74) is 8.56. The van der Waals surface area contributed by atoms with Crippen LogP contribution in [-0.2, 0) is 14.3 Å². The lowest BCUT2D eigenvalue weighted by molar-refractivity contribution is 0.103. The van der Waals surface area contributed by atoms with Crippen molar-refractivity contribution < 1.29 is 51.1 Å². The number of hydrogen-bond donors (Lipinski definition) is 0. The predicted molar refractivity (Wildman–Crippen MR) is 372 cm³/mol. The van der Waals surface area contributed by atoms with Crippen molar-refractivity contribution in [1.29, 1.82) is 0 Å². The molecule has 0 fully saturated rings. The molecule has 3 unspecified atom stereocenters. The molecule has 0 saturated heterocycles. The molecule has 0 aliphatic carbocycles. The molecule has 0 radical (unpaired) electrons. The van der Waals surface area contributed by atoms with Crippen molar-refractivity contribution in [3.63, 3.8) is 0 Å². The molecule has 2 heterocycles. The molecule has 3 atom stereocenters. The number of ketones is 1. The van der Waals surface area contributed by atoms with Crippen LogP contribution in [0.4, 0.5) is 0 Å². The maximum atomic E-state index is 16.4. The number of rotatable bonds is 14. The first-order valence-electron chi connectivity index (χ1n) is 30.0. The van der Waals surface area contributed by atoms with Crippen molar-refractivity contribution in [2.24, 2.45) is 0 Å². The minimum atomic E-state index is -3.87. The van der Waals surface area contributed by atoms with Gasteiger partial charge < -0.3 is 32.9 Å². The van der Waals surface area contributed by atoms with Gasteiger partial charge in [0.25, 0.3) is 7.37 Å². The fraction of sp³-hybridized carbons (Fsp3) is 0.0875. The number of benzene rings is 12. The second kappa shape index (κ2) is 29.3. The fourth-order valence-corrected chi connectivity index (χ4v) is 15.3. The predicted octanol–water partition coefficient (Wildman–Crippen LogP) is 20.8. The van der Waals surface area contributed by atoms with Crippen LogP contribution in [0.2, 0.25) is 0 Å². The summed E-state index contributed by atoms with van der Waals surface area (Å²) in [6.07, 6.45) is 0. The first-order chi connectivity index (χ1) is 45.4. The van der Waals surface area contributed by atoms with Crippen LogP contribution in [0, 0.1) is 13.8 Å². The summed E-state index contributed by atoms with van der Waals surface area (Å²) < 4.78 is 73.3. The normalized spacial score (nSPS) is 13.4. The molecule has 0 saturated carbocycles. The molecule has 1 aromatic heterocycles. The molecule has 0 bridgehead atoms. The van der Waals surface area contributed by atoms with Gasteiger partial charge in [-0.2, -0.15) is 0 Å². The summed E-state index contributed by atoms with van der Waals surface area (Å²) in [5, 5.41) is 2.24. The van der Waals surface area contributed by atoms with Gasteiger partial charge in [0, 0.05) is 27.5 Å². The van der Waals surface area contributed by atoms with Gasteiger partial charge in [-0.1, -0.05) is 169 Å². The zero-order valence-corrected chi connectivity index (χ0v) is 54.0. The first kappa shape index (κ1) is 63.6. The van der Waals surface area contributed by atoms with Gasteiger partial charge in [-0.05, 0) is 180 Å². The molecule has 93 heavy (non-hydrogen) atoms. The summed E-state index contributed by atoms with van der Waals surface area (Å²) in [7, 11) is 0.952. The van der Waals surface area contributed by atoms with Crippen LogP contribution in [0.5, 0.6) is 51.7 Å². The smallest absolute Gasteiger partial charge is 0.497 e. The number of fused-ring (bicyclic) bond motifs is 6. The van der Waals surface area contributed by atoms with E-state index in [1.165, 1.54) is 0 Å². The number of ether oxygens (including phenoxy) is 6. The Morgan fingerprint density at radius 3 is 1.26 bits per heavy atom. The van der Waals surface area contributed by atoms with Crippen molar-refractivity contribution >= 4 is 47.6 Å². The van der Waals surface area contributed by atoms with E-state index in [0.717, 1.165) is 72.1 Å². The highest BCUT2D eigenvalue weighted by Gasteiger charge is 2.58. The Morgan fingerprint density at radius 1 is 0.376 bits per heavy atom. The van der Waals surface area contributed by atoms with Crippen LogP contribution in [0.1, 0.15) is 43.7 Å². The minimum absolute atomic E-state index is 0.00555. The lowest BCUT2D eigenvalue weighted by atomic mass is 9.83. The van der Waals surface area contributed by atoms with E-state index in [-0.39, 0.29) is 5.78 Å². The third kappa shape index (κ3) is 14.2. The minimum Gasteiger partial charge on any atom is -0.497 e. The Kier molecular flexibility index (Phi) is 20.1. The Bertz CT molecular complexity index is 4750. The van der Waals surface area contributed by atoms with Crippen molar-refractivity contribution in [2.45, 2.75) is 19.0 Å². The standard InChI is InChI=1S/C40H33O5P.C21H18O3.C12H8O2P.C7H8O/c1-28-12-14-29(15-13-28)40(30-16-20-32(42-2)21-17-30,31-18-22-34(23-19-31)44-35-26-24-33(43-3)25-27-35)46(41)39-11-7-5-9-37(39)36-8-4-6-10-38(36)45-46;1-15-3-5-16(6-4-15)21(22)17-7-9-19(10-8-17)24-20-13-11-18(23-2)12-14-20;13-15-12-8-4-2-6-10(12)9-5-1-3-7-11(9)14-15;1-8-7-5-3-2-4-6-7/h4-27H,1-3H3;3-14H,1-2H3;1-8H;2-6H,1H3/q;;+1;. The average Bonchev–Trinajstić information content (AvgIpc) is 0.693. The van der Waals surface area contributed by atoms with Gasteiger partial charge >= 0.3 is 7.65 Å². The zero-order chi connectivity index (χ0) is 64.7. The zero-order valence-electron chi connectivity index (χ0n) is 52.2. The van der Waals surface area contributed by atoms with E-state index in [1.54, 1.807) is 52.7 Å². The highest BCUT2D eigenvalue weighted by atomic mass is 31.2. The molecule has 12 aromatic carbocycles. The third-order valence-electron chi connectivity index (χ3n) is 15.8. The van der Waals surface area contributed by atoms with Crippen LogP contribution in [0.25, 0.3) is 32.6 Å². The van der Waals surface area contributed by atoms with Gasteiger partial charge in [0.15, 0.2) is 11.4 Å². The fourth-order valence-electron chi connectivity index (χ4n) is 11.0. The van der Waals surface area contributed by atoms with Gasteiger partial charge in [-0.25, -0.2) is 4.20 Å². The molecule has 462 valence electrons. The second-order valence-corrected chi connectivity index (χ2v) is 25.3. The van der Waals surface area contributed by atoms with E-state index < -0.39 is 20.2 Å². The summed E-state index contributed by atoms with van der Waals surface area (Å²) in [4.78, 5) is 12.4. The first-order valence-corrected chi connectivity index (χ1v) is 32.8. The Hall–Kier alpha value is -11.0. The number of methoxy groups -OCH3 is 4. The molecule has 0 amide bonds. The number of carbonyl (C=O) groups excluding carboxylic acids is 1. The number of carbonyl (C=O) groups is 1. The largest absolute Gasteiger partial charge is 0.597 e. The number of para-hydroxylation sites is 3. The average molecular weight is 1270 g/mol. The van der Waals surface area contributed by atoms with Crippen molar-refractivity contribution in [3.8, 4) is 62.9 Å². The Balaban J connectivity index is 0.000000154. The van der Waals surface area contributed by atoms with Crippen LogP contribution in [-0.4, -0.2) is 34.2 Å². The topological polar surface area (TPSA) is 129 Å². The van der Waals surface area contributed by atoms with E-state index in [0.29, 0.717) is 56.5 Å². The Labute approximate surface area is 542 Å². The van der Waals surface area contributed by atoms with Crippen molar-refractivity contribution in [1.82, 2.24) is 0 Å². The molecule has 1 aliphatic heterocycles. The molecule has 13 aromatic rings. The van der Waals surface area contributed by atoms with E-state index in [1.807, 2.05) is 256 Å². The number of aryl methyl sites for hydroxylation is 2. The summed E-state index contributed by atoms with van der Waals surface area (Å²) in [6, 6.07) is 94.1.